The summed E-state index contributed by atoms with van der Waals surface area (Å²) in [4.78, 5) is 4.02. The Hall–Kier alpha value is -2.24. The molecule has 0 saturated heterocycles. The first-order chi connectivity index (χ1) is 9.61. The number of sulfonamides is 1. The Kier molecular flexibility index (Phi) is 3.00. The van der Waals surface area contributed by atoms with Crippen molar-refractivity contribution >= 4 is 10.0 Å². The van der Waals surface area contributed by atoms with Crippen LogP contribution in [0.3, 0.4) is 0 Å². The summed E-state index contributed by atoms with van der Waals surface area (Å²) >= 11 is 0. The molecule has 2 aromatic heterocycles. The predicted octanol–water partition coefficient (Wildman–Crippen LogP) is 0.354. The zero-order valence-electron chi connectivity index (χ0n) is 10.5. The van der Waals surface area contributed by atoms with Crippen LogP contribution in [0.15, 0.2) is 35.5 Å². The number of fused-ring (bicyclic) bond motifs is 1. The molecule has 20 heavy (non-hydrogen) atoms. The standard InChI is InChI=1S/C12H11N5O2S/c13-7-10-6-11-9-16(4-5-17(11)15-10)20(18,19)12-2-1-3-14-8-12/h1-3,6,8H,4-5,9H2. The molecule has 0 aliphatic carbocycles. The van der Waals surface area contributed by atoms with Gasteiger partial charge < -0.3 is 0 Å². The van der Waals surface area contributed by atoms with Gasteiger partial charge in [-0.3, -0.25) is 9.67 Å². The van der Waals surface area contributed by atoms with Gasteiger partial charge in [-0.05, 0) is 18.2 Å². The van der Waals surface area contributed by atoms with Crippen molar-refractivity contribution in [2.45, 2.75) is 18.0 Å². The topological polar surface area (TPSA) is 91.9 Å². The third-order valence-corrected chi connectivity index (χ3v) is 4.98. The molecule has 8 heteroatoms. The van der Waals surface area contributed by atoms with Crippen molar-refractivity contribution in [2.75, 3.05) is 6.54 Å². The maximum absolute atomic E-state index is 12.5. The fourth-order valence-electron chi connectivity index (χ4n) is 2.15. The highest BCUT2D eigenvalue weighted by Gasteiger charge is 2.29. The number of nitrogens with zero attached hydrogens (tertiary/aromatic N) is 5. The monoisotopic (exact) mass is 289 g/mol. The third-order valence-electron chi connectivity index (χ3n) is 3.15. The lowest BCUT2D eigenvalue weighted by molar-refractivity contribution is 0.326. The summed E-state index contributed by atoms with van der Waals surface area (Å²) in [6.45, 7) is 0.985. The second-order valence-electron chi connectivity index (χ2n) is 4.38. The molecule has 2 aromatic rings. The minimum Gasteiger partial charge on any atom is -0.266 e. The molecule has 0 radical (unpaired) electrons. The average Bonchev–Trinajstić information content (AvgIpc) is 2.90. The van der Waals surface area contributed by atoms with Gasteiger partial charge >= 0.3 is 0 Å². The first kappa shape index (κ1) is 12.8. The Bertz CT molecular complexity index is 776. The van der Waals surface area contributed by atoms with Crippen LogP contribution in [0.5, 0.6) is 0 Å². The molecule has 0 bridgehead atoms. The van der Waals surface area contributed by atoms with Gasteiger partial charge in [0, 0.05) is 18.9 Å². The van der Waals surface area contributed by atoms with Crippen molar-refractivity contribution in [3.63, 3.8) is 0 Å². The summed E-state index contributed by atoms with van der Waals surface area (Å²) in [5, 5.41) is 12.9. The summed E-state index contributed by atoms with van der Waals surface area (Å²) in [6, 6.07) is 6.69. The van der Waals surface area contributed by atoms with Gasteiger partial charge in [0.25, 0.3) is 0 Å². The van der Waals surface area contributed by atoms with E-state index in [4.69, 9.17) is 5.26 Å². The fraction of sp³-hybridized carbons (Fsp3) is 0.250. The van der Waals surface area contributed by atoms with Gasteiger partial charge in [0.05, 0.1) is 18.8 Å². The first-order valence-electron chi connectivity index (χ1n) is 5.98. The molecule has 0 amide bonds. The van der Waals surface area contributed by atoms with E-state index in [9.17, 15) is 8.42 Å². The Morgan fingerprint density at radius 3 is 2.90 bits per heavy atom. The van der Waals surface area contributed by atoms with Crippen LogP contribution in [0.2, 0.25) is 0 Å². The normalized spacial score (nSPS) is 15.6. The van der Waals surface area contributed by atoms with Crippen molar-refractivity contribution in [1.82, 2.24) is 19.1 Å². The molecule has 0 atom stereocenters. The highest BCUT2D eigenvalue weighted by atomic mass is 32.2. The van der Waals surface area contributed by atoms with E-state index in [2.05, 4.69) is 10.1 Å². The van der Waals surface area contributed by atoms with Crippen LogP contribution in [0.25, 0.3) is 0 Å². The van der Waals surface area contributed by atoms with Crippen molar-refractivity contribution in [3.05, 3.63) is 42.0 Å². The van der Waals surface area contributed by atoms with E-state index in [1.165, 1.54) is 22.8 Å². The van der Waals surface area contributed by atoms with Gasteiger partial charge in [-0.2, -0.15) is 14.7 Å². The molecule has 0 saturated carbocycles. The van der Waals surface area contributed by atoms with Crippen LogP contribution in [0, 0.1) is 11.3 Å². The van der Waals surface area contributed by atoms with Crippen LogP contribution >= 0.6 is 0 Å². The van der Waals surface area contributed by atoms with Crippen molar-refractivity contribution in [2.24, 2.45) is 0 Å². The Morgan fingerprint density at radius 1 is 1.35 bits per heavy atom. The smallest absolute Gasteiger partial charge is 0.245 e. The Balaban J connectivity index is 1.92. The van der Waals surface area contributed by atoms with Crippen molar-refractivity contribution in [3.8, 4) is 6.07 Å². The van der Waals surface area contributed by atoms with Gasteiger partial charge in [-0.25, -0.2) is 8.42 Å². The summed E-state index contributed by atoms with van der Waals surface area (Å²) in [5.74, 6) is 0. The largest absolute Gasteiger partial charge is 0.266 e. The van der Waals surface area contributed by atoms with E-state index in [1.54, 1.807) is 16.8 Å². The molecule has 0 unspecified atom stereocenters. The van der Waals surface area contributed by atoms with Gasteiger partial charge in [0.15, 0.2) is 5.69 Å². The summed E-state index contributed by atoms with van der Waals surface area (Å²) in [6.07, 6.45) is 2.87. The fourth-order valence-corrected chi connectivity index (χ4v) is 3.52. The highest BCUT2D eigenvalue weighted by molar-refractivity contribution is 7.89. The minimum atomic E-state index is -3.56. The number of nitriles is 1. The number of hydrogen-bond acceptors (Lipinski definition) is 5. The lowest BCUT2D eigenvalue weighted by Crippen LogP contribution is -2.38. The molecule has 0 aromatic carbocycles. The van der Waals surface area contributed by atoms with E-state index in [0.717, 1.165) is 5.69 Å². The molecule has 0 N–H and O–H groups in total. The van der Waals surface area contributed by atoms with E-state index in [1.807, 2.05) is 6.07 Å². The first-order valence-corrected chi connectivity index (χ1v) is 7.42. The maximum atomic E-state index is 12.5. The maximum Gasteiger partial charge on any atom is 0.245 e. The molecule has 7 nitrogen and oxygen atoms in total. The van der Waals surface area contributed by atoms with E-state index >= 15 is 0 Å². The van der Waals surface area contributed by atoms with Crippen LogP contribution in [0.4, 0.5) is 0 Å². The lowest BCUT2D eigenvalue weighted by Gasteiger charge is -2.26. The molecular formula is C12H11N5O2S. The minimum absolute atomic E-state index is 0.175. The number of rotatable bonds is 2. The van der Waals surface area contributed by atoms with E-state index in [0.29, 0.717) is 18.8 Å². The SMILES string of the molecule is N#Cc1cc2n(n1)CCN(S(=O)(=O)c1cccnc1)C2. The van der Waals surface area contributed by atoms with Crippen LogP contribution in [0.1, 0.15) is 11.4 Å². The summed E-state index contributed by atoms with van der Waals surface area (Å²) in [7, 11) is -3.56. The van der Waals surface area contributed by atoms with Gasteiger partial charge in [0.2, 0.25) is 10.0 Å². The van der Waals surface area contributed by atoms with Gasteiger partial charge in [-0.15, -0.1) is 0 Å². The average molecular weight is 289 g/mol. The lowest BCUT2D eigenvalue weighted by atomic mass is 10.3. The van der Waals surface area contributed by atoms with Crippen LogP contribution in [-0.2, 0) is 23.1 Å². The molecule has 0 fully saturated rings. The van der Waals surface area contributed by atoms with Gasteiger partial charge in [0.1, 0.15) is 11.0 Å². The van der Waals surface area contributed by atoms with E-state index < -0.39 is 10.0 Å². The number of hydrogen-bond donors (Lipinski definition) is 0. The molecule has 102 valence electrons. The quantitative estimate of drug-likeness (QED) is 0.795. The molecule has 1 aliphatic rings. The second kappa shape index (κ2) is 4.70. The molecule has 3 rings (SSSR count). The summed E-state index contributed by atoms with van der Waals surface area (Å²) in [5.41, 5.74) is 1.03. The molecule has 3 heterocycles. The van der Waals surface area contributed by atoms with Crippen LogP contribution < -0.4 is 0 Å². The molecule has 1 aliphatic heterocycles. The number of pyridine rings is 1. The zero-order valence-corrected chi connectivity index (χ0v) is 11.3. The second-order valence-corrected chi connectivity index (χ2v) is 6.32. The number of aromatic nitrogens is 3. The Labute approximate surface area is 116 Å². The molecule has 0 spiro atoms. The van der Waals surface area contributed by atoms with Gasteiger partial charge in [-0.1, -0.05) is 0 Å². The highest BCUT2D eigenvalue weighted by Crippen LogP contribution is 2.21. The predicted molar refractivity (Wildman–Crippen MR) is 68.8 cm³/mol. The van der Waals surface area contributed by atoms with Crippen LogP contribution in [-0.4, -0.2) is 34.0 Å². The summed E-state index contributed by atoms with van der Waals surface area (Å²) < 4.78 is 28.0. The Morgan fingerprint density at radius 2 is 2.20 bits per heavy atom. The zero-order chi connectivity index (χ0) is 14.2. The third kappa shape index (κ3) is 2.07. The van der Waals surface area contributed by atoms with Crippen molar-refractivity contribution in [1.29, 1.82) is 5.26 Å². The molecular weight excluding hydrogens is 278 g/mol. The van der Waals surface area contributed by atoms with E-state index in [-0.39, 0.29) is 11.4 Å². The van der Waals surface area contributed by atoms with Crippen molar-refractivity contribution < 1.29 is 8.42 Å².